The van der Waals surface area contributed by atoms with Gasteiger partial charge in [0.05, 0.1) is 18.9 Å². The number of hydrogen-bond donors (Lipinski definition) is 2. The number of nitrogens with one attached hydrogen (secondary N) is 2. The smallest absolute Gasteiger partial charge is 0.257 e. The Morgan fingerprint density at radius 3 is 2.68 bits per heavy atom. The molecule has 2 rings (SSSR count). The third-order valence-electron chi connectivity index (χ3n) is 3.59. The first-order chi connectivity index (χ1) is 12.0. The van der Waals surface area contributed by atoms with E-state index in [1.54, 1.807) is 25.3 Å². The lowest BCUT2D eigenvalue weighted by Gasteiger charge is -2.14. The second kappa shape index (κ2) is 9.03. The number of benzene rings is 2. The van der Waals surface area contributed by atoms with E-state index in [2.05, 4.69) is 10.6 Å². The van der Waals surface area contributed by atoms with Crippen molar-refractivity contribution in [3.8, 4) is 11.5 Å². The monoisotopic (exact) mass is 358 g/mol. The maximum absolute atomic E-state index is 12.4. The van der Waals surface area contributed by atoms with Crippen LogP contribution in [0.1, 0.15) is 30.6 Å². The molecule has 0 radical (unpaired) electrons. The quantitative estimate of drug-likeness (QED) is 0.765. The maximum Gasteiger partial charge on any atom is 0.257 e. The highest BCUT2D eigenvalue weighted by Gasteiger charge is 2.11. The maximum atomic E-state index is 12.4. The topological polar surface area (TPSA) is 59.6 Å². The lowest BCUT2D eigenvalue weighted by molar-refractivity contribution is 0.0977. The Hall–Kier alpha value is -2.60. The van der Waals surface area contributed by atoms with Crippen LogP contribution in [0.25, 0.3) is 0 Å². The summed E-state index contributed by atoms with van der Waals surface area (Å²) in [4.78, 5) is 12.4. The molecule has 0 aromatic heterocycles. The highest BCUT2D eigenvalue weighted by Crippen LogP contribution is 2.23. The molecule has 132 valence electrons. The Bertz CT molecular complexity index is 749. The normalized spacial score (nSPS) is 11.3. The fourth-order valence-electron chi connectivity index (χ4n) is 2.10. The zero-order valence-electron chi connectivity index (χ0n) is 14.5. The van der Waals surface area contributed by atoms with Gasteiger partial charge in [0, 0.05) is 5.56 Å². The first-order valence-corrected chi connectivity index (χ1v) is 8.46. The molecule has 0 aliphatic rings. The largest absolute Gasteiger partial charge is 0.495 e. The molecular formula is C19H22N2O3S. The molecule has 1 amide bonds. The van der Waals surface area contributed by atoms with E-state index in [1.165, 1.54) is 0 Å². The predicted octanol–water partition coefficient (Wildman–Crippen LogP) is 4.00. The van der Waals surface area contributed by atoms with E-state index in [0.717, 1.165) is 6.42 Å². The van der Waals surface area contributed by atoms with Gasteiger partial charge >= 0.3 is 0 Å². The fraction of sp³-hybridized carbons (Fsp3) is 0.263. The van der Waals surface area contributed by atoms with Crippen molar-refractivity contribution in [2.75, 3.05) is 12.4 Å². The fourth-order valence-corrected chi connectivity index (χ4v) is 2.31. The number of amides is 1. The van der Waals surface area contributed by atoms with Gasteiger partial charge in [-0.25, -0.2) is 0 Å². The van der Waals surface area contributed by atoms with Crippen molar-refractivity contribution in [1.82, 2.24) is 5.32 Å². The van der Waals surface area contributed by atoms with Crippen molar-refractivity contribution in [3.05, 3.63) is 54.1 Å². The minimum atomic E-state index is -0.304. The molecule has 0 heterocycles. The molecule has 0 aliphatic heterocycles. The van der Waals surface area contributed by atoms with Crippen LogP contribution in [0.2, 0.25) is 0 Å². The molecule has 0 saturated heterocycles. The first kappa shape index (κ1) is 18.7. The Kier molecular flexibility index (Phi) is 6.77. The van der Waals surface area contributed by atoms with Crippen LogP contribution in [0.3, 0.4) is 0 Å². The number of carbonyl (C=O) groups excluding carboxylic acids is 1. The molecule has 2 aromatic carbocycles. The molecule has 0 spiro atoms. The average Bonchev–Trinajstić information content (AvgIpc) is 2.62. The zero-order chi connectivity index (χ0) is 18.2. The first-order valence-electron chi connectivity index (χ1n) is 8.05. The van der Waals surface area contributed by atoms with Gasteiger partial charge in [0.15, 0.2) is 5.11 Å². The standard InChI is InChI=1S/C19H22N2O3S/c1-4-13(2)24-15-9-7-8-14(12-15)18(22)21-19(25)20-16-10-5-6-11-17(16)23-3/h5-13H,4H2,1-3H3,(H2,20,21,22,25). The molecule has 25 heavy (non-hydrogen) atoms. The number of carbonyl (C=O) groups is 1. The average molecular weight is 358 g/mol. The molecule has 6 heteroatoms. The van der Waals surface area contributed by atoms with E-state index in [9.17, 15) is 4.79 Å². The molecule has 5 nitrogen and oxygen atoms in total. The van der Waals surface area contributed by atoms with Gasteiger partial charge in [0.1, 0.15) is 11.5 Å². The number of methoxy groups -OCH3 is 1. The SMILES string of the molecule is CCC(C)Oc1cccc(C(=O)NC(=S)Nc2ccccc2OC)c1. The lowest BCUT2D eigenvalue weighted by Crippen LogP contribution is -2.34. The summed E-state index contributed by atoms with van der Waals surface area (Å²) < 4.78 is 11.0. The number of hydrogen-bond acceptors (Lipinski definition) is 4. The Morgan fingerprint density at radius 1 is 1.20 bits per heavy atom. The van der Waals surface area contributed by atoms with Crippen LogP contribution in [-0.4, -0.2) is 24.2 Å². The van der Waals surface area contributed by atoms with E-state index in [4.69, 9.17) is 21.7 Å². The summed E-state index contributed by atoms with van der Waals surface area (Å²) >= 11 is 5.21. The van der Waals surface area contributed by atoms with Gasteiger partial charge in [-0.1, -0.05) is 25.1 Å². The molecule has 0 aliphatic carbocycles. The van der Waals surface area contributed by atoms with E-state index in [1.807, 2.05) is 44.2 Å². The van der Waals surface area contributed by atoms with Gasteiger partial charge in [0.2, 0.25) is 0 Å². The van der Waals surface area contributed by atoms with Crippen LogP contribution < -0.4 is 20.1 Å². The van der Waals surface area contributed by atoms with E-state index in [0.29, 0.717) is 22.7 Å². The van der Waals surface area contributed by atoms with Gasteiger partial charge < -0.3 is 14.8 Å². The van der Waals surface area contributed by atoms with Crippen LogP contribution >= 0.6 is 12.2 Å². The van der Waals surface area contributed by atoms with Crippen molar-refractivity contribution >= 4 is 28.9 Å². The van der Waals surface area contributed by atoms with Gasteiger partial charge in [-0.15, -0.1) is 0 Å². The minimum Gasteiger partial charge on any atom is -0.495 e. The molecule has 0 saturated carbocycles. The molecule has 0 fully saturated rings. The van der Waals surface area contributed by atoms with E-state index >= 15 is 0 Å². The summed E-state index contributed by atoms with van der Waals surface area (Å²) in [6.07, 6.45) is 0.982. The number of ether oxygens (including phenoxy) is 2. The summed E-state index contributed by atoms with van der Waals surface area (Å²) in [7, 11) is 1.57. The van der Waals surface area contributed by atoms with Crippen LogP contribution in [0.15, 0.2) is 48.5 Å². The lowest BCUT2D eigenvalue weighted by atomic mass is 10.2. The molecular weight excluding hydrogens is 336 g/mol. The Morgan fingerprint density at radius 2 is 1.96 bits per heavy atom. The Labute approximate surface area is 153 Å². The number of rotatable bonds is 6. The number of thiocarbonyl (C=S) groups is 1. The molecule has 2 N–H and O–H groups in total. The summed E-state index contributed by atoms with van der Waals surface area (Å²) in [5.41, 5.74) is 1.16. The second-order valence-corrected chi connectivity index (χ2v) is 5.88. The van der Waals surface area contributed by atoms with E-state index in [-0.39, 0.29) is 17.1 Å². The number of para-hydroxylation sites is 2. The third-order valence-corrected chi connectivity index (χ3v) is 3.79. The van der Waals surface area contributed by atoms with Gasteiger partial charge in [0.25, 0.3) is 5.91 Å². The molecule has 0 bridgehead atoms. The van der Waals surface area contributed by atoms with Crippen molar-refractivity contribution in [1.29, 1.82) is 0 Å². The summed E-state index contributed by atoms with van der Waals surface area (Å²) in [5.74, 6) is 0.996. The molecule has 1 unspecified atom stereocenters. The minimum absolute atomic E-state index is 0.0894. The highest BCUT2D eigenvalue weighted by atomic mass is 32.1. The van der Waals surface area contributed by atoms with Crippen molar-refractivity contribution in [2.45, 2.75) is 26.4 Å². The van der Waals surface area contributed by atoms with Crippen molar-refractivity contribution in [2.24, 2.45) is 0 Å². The van der Waals surface area contributed by atoms with Crippen molar-refractivity contribution in [3.63, 3.8) is 0 Å². The van der Waals surface area contributed by atoms with Crippen LogP contribution in [-0.2, 0) is 0 Å². The second-order valence-electron chi connectivity index (χ2n) is 5.47. The van der Waals surface area contributed by atoms with Crippen LogP contribution in [0, 0.1) is 0 Å². The summed E-state index contributed by atoms with van der Waals surface area (Å²) in [6, 6.07) is 14.4. The van der Waals surface area contributed by atoms with Gasteiger partial charge in [-0.3, -0.25) is 10.1 Å². The van der Waals surface area contributed by atoms with Crippen molar-refractivity contribution < 1.29 is 14.3 Å². The highest BCUT2D eigenvalue weighted by molar-refractivity contribution is 7.80. The summed E-state index contributed by atoms with van der Waals surface area (Å²) in [5, 5.41) is 5.82. The van der Waals surface area contributed by atoms with E-state index < -0.39 is 0 Å². The molecule has 1 atom stereocenters. The Balaban J connectivity index is 2.01. The van der Waals surface area contributed by atoms with Gasteiger partial charge in [-0.05, 0) is 55.9 Å². The molecule has 2 aromatic rings. The van der Waals surface area contributed by atoms with Gasteiger partial charge in [-0.2, -0.15) is 0 Å². The predicted molar refractivity (Wildman–Crippen MR) is 104 cm³/mol. The van der Waals surface area contributed by atoms with Crippen LogP contribution in [0.4, 0.5) is 5.69 Å². The number of anilines is 1. The van der Waals surface area contributed by atoms with Crippen LogP contribution in [0.5, 0.6) is 11.5 Å². The third kappa shape index (κ3) is 5.46. The zero-order valence-corrected chi connectivity index (χ0v) is 15.4. The summed E-state index contributed by atoms with van der Waals surface area (Å²) in [6.45, 7) is 4.03.